The lowest BCUT2D eigenvalue weighted by Gasteiger charge is -2.22. The maximum absolute atomic E-state index is 15.0. The van der Waals surface area contributed by atoms with Crippen molar-refractivity contribution in [3.63, 3.8) is 0 Å². The van der Waals surface area contributed by atoms with Gasteiger partial charge in [-0.2, -0.15) is 5.26 Å². The summed E-state index contributed by atoms with van der Waals surface area (Å²) in [7, 11) is 1.46. The average Bonchev–Trinajstić information content (AvgIpc) is 3.31. The van der Waals surface area contributed by atoms with Gasteiger partial charge < -0.3 is 20.7 Å². The Kier molecular flexibility index (Phi) is 5.62. The van der Waals surface area contributed by atoms with Crippen molar-refractivity contribution in [1.29, 1.82) is 5.26 Å². The third-order valence-corrected chi connectivity index (χ3v) is 6.21. The average molecular weight is 451 g/mol. The molecule has 4 rings (SSSR count). The summed E-state index contributed by atoms with van der Waals surface area (Å²) in [6, 6.07) is 9.26. The van der Waals surface area contributed by atoms with E-state index >= 15 is 0 Å². The van der Waals surface area contributed by atoms with Crippen LogP contribution in [0.5, 0.6) is 5.75 Å². The van der Waals surface area contributed by atoms with Crippen LogP contribution in [-0.4, -0.2) is 31.5 Å². The lowest BCUT2D eigenvalue weighted by molar-refractivity contribution is -0.120. The number of halogens is 1. The van der Waals surface area contributed by atoms with Gasteiger partial charge in [-0.05, 0) is 53.6 Å². The molecule has 1 fully saturated rings. The van der Waals surface area contributed by atoms with Crippen molar-refractivity contribution in [2.75, 3.05) is 24.3 Å². The van der Waals surface area contributed by atoms with Crippen molar-refractivity contribution >= 4 is 23.2 Å². The predicted octanol–water partition coefficient (Wildman–Crippen LogP) is 3.49. The van der Waals surface area contributed by atoms with Crippen molar-refractivity contribution in [2.45, 2.75) is 45.1 Å². The van der Waals surface area contributed by atoms with Crippen molar-refractivity contribution in [2.24, 2.45) is 5.41 Å². The number of ether oxygens (including phenoxy) is 1. The van der Waals surface area contributed by atoms with E-state index in [1.807, 2.05) is 26.8 Å². The predicted molar refractivity (Wildman–Crippen MR) is 123 cm³/mol. The van der Waals surface area contributed by atoms with Gasteiger partial charge in [0.2, 0.25) is 11.8 Å². The van der Waals surface area contributed by atoms with Gasteiger partial charge in [-0.1, -0.05) is 20.8 Å². The maximum atomic E-state index is 15.0. The second-order valence-corrected chi connectivity index (χ2v) is 9.92. The first-order chi connectivity index (χ1) is 15.6. The molecule has 2 atom stereocenters. The van der Waals surface area contributed by atoms with Gasteiger partial charge in [0, 0.05) is 18.3 Å². The van der Waals surface area contributed by atoms with Gasteiger partial charge in [-0.25, -0.2) is 4.39 Å². The van der Waals surface area contributed by atoms with Crippen LogP contribution < -0.4 is 20.7 Å². The lowest BCUT2D eigenvalue weighted by Crippen LogP contribution is -2.36. The molecule has 0 aliphatic carbocycles. The van der Waals surface area contributed by atoms with Gasteiger partial charge in [0.05, 0.1) is 35.9 Å². The Hall–Kier alpha value is -3.44. The molecule has 0 bridgehead atoms. The number of fused-ring (bicyclic) bond motifs is 2. The number of amides is 2. The summed E-state index contributed by atoms with van der Waals surface area (Å²) in [5, 5.41) is 17.9. The van der Waals surface area contributed by atoms with E-state index < -0.39 is 11.5 Å². The molecule has 1 saturated heterocycles. The van der Waals surface area contributed by atoms with E-state index in [1.165, 1.54) is 19.2 Å². The van der Waals surface area contributed by atoms with Crippen LogP contribution in [0, 0.1) is 22.6 Å². The highest BCUT2D eigenvalue weighted by atomic mass is 19.1. The minimum absolute atomic E-state index is 0.0972. The molecule has 7 nitrogen and oxygen atoms in total. The summed E-state index contributed by atoms with van der Waals surface area (Å²) in [6.07, 6.45) is 0.749. The van der Waals surface area contributed by atoms with Gasteiger partial charge in [0.1, 0.15) is 11.6 Å². The van der Waals surface area contributed by atoms with E-state index in [1.54, 1.807) is 18.2 Å². The molecule has 172 valence electrons. The number of hydrogen-bond acceptors (Lipinski definition) is 5. The van der Waals surface area contributed by atoms with Crippen LogP contribution in [0.25, 0.3) is 0 Å². The molecule has 2 aliphatic heterocycles. The zero-order valence-corrected chi connectivity index (χ0v) is 19.1. The number of carbonyl (C=O) groups excluding carboxylic acids is 2. The summed E-state index contributed by atoms with van der Waals surface area (Å²) in [5.74, 6) is -0.535. The fourth-order valence-electron chi connectivity index (χ4n) is 4.63. The summed E-state index contributed by atoms with van der Waals surface area (Å²) >= 11 is 0. The molecule has 2 aromatic rings. The third-order valence-electron chi connectivity index (χ3n) is 6.21. The highest BCUT2D eigenvalue weighted by molar-refractivity contribution is 6.08. The van der Waals surface area contributed by atoms with Crippen LogP contribution in [0.4, 0.5) is 15.8 Å². The molecule has 0 radical (unpaired) electrons. The van der Waals surface area contributed by atoms with Gasteiger partial charge in [0.25, 0.3) is 0 Å². The zero-order valence-electron chi connectivity index (χ0n) is 19.1. The van der Waals surface area contributed by atoms with Crippen molar-refractivity contribution < 1.29 is 18.7 Å². The summed E-state index contributed by atoms with van der Waals surface area (Å²) in [4.78, 5) is 26.0. The van der Waals surface area contributed by atoms with Crippen LogP contribution in [0.3, 0.4) is 0 Å². The van der Waals surface area contributed by atoms with Gasteiger partial charge in [0.15, 0.2) is 0 Å². The first kappa shape index (κ1) is 22.7. The second-order valence-electron chi connectivity index (χ2n) is 9.92. The number of nitriles is 1. The lowest BCUT2D eigenvalue weighted by atomic mass is 9.78. The van der Waals surface area contributed by atoms with Crippen LogP contribution in [0.1, 0.15) is 43.9 Å². The Bertz CT molecular complexity index is 1180. The van der Waals surface area contributed by atoms with E-state index in [9.17, 15) is 14.0 Å². The van der Waals surface area contributed by atoms with Crippen LogP contribution in [0.2, 0.25) is 0 Å². The van der Waals surface area contributed by atoms with Crippen LogP contribution in [-0.2, 0) is 21.4 Å². The molecule has 2 heterocycles. The Balaban J connectivity index is 1.56. The number of nitrogens with one attached hydrogen (secondary N) is 3. The smallest absolute Gasteiger partial charge is 0.241 e. The molecule has 1 spiro atoms. The summed E-state index contributed by atoms with van der Waals surface area (Å²) in [6.45, 7) is 6.33. The SMILES string of the molecule is COc1cc(C#N)ccc1NC(=O)C1CC2(CN1)C(=O)Nc1cc(CC(C)(C)C)c(F)cc12. The van der Waals surface area contributed by atoms with E-state index in [0.29, 0.717) is 40.2 Å². The molecule has 2 aromatic carbocycles. The number of methoxy groups -OCH3 is 1. The minimum Gasteiger partial charge on any atom is -0.495 e. The van der Waals surface area contributed by atoms with Gasteiger partial charge >= 0.3 is 0 Å². The summed E-state index contributed by atoms with van der Waals surface area (Å²) < 4.78 is 20.2. The molecule has 8 heteroatoms. The normalized spacial score (nSPS) is 21.5. The number of rotatable bonds is 4. The molecular weight excluding hydrogens is 423 g/mol. The molecule has 2 unspecified atom stereocenters. The molecule has 33 heavy (non-hydrogen) atoms. The molecule has 2 amide bonds. The maximum Gasteiger partial charge on any atom is 0.241 e. The third kappa shape index (κ3) is 4.16. The van der Waals surface area contributed by atoms with Crippen molar-refractivity contribution in [3.8, 4) is 11.8 Å². The summed E-state index contributed by atoms with van der Waals surface area (Å²) in [5.41, 5.74) is 1.49. The quantitative estimate of drug-likeness (QED) is 0.662. The zero-order chi connectivity index (χ0) is 24.0. The number of hydrogen-bond donors (Lipinski definition) is 3. The number of benzene rings is 2. The minimum atomic E-state index is -1.01. The molecule has 0 aromatic heterocycles. The largest absolute Gasteiger partial charge is 0.495 e. The fraction of sp³-hybridized carbons (Fsp3) is 0.400. The van der Waals surface area contributed by atoms with Crippen LogP contribution >= 0.6 is 0 Å². The number of nitrogens with zero attached hydrogens (tertiary/aromatic N) is 1. The number of anilines is 2. The number of carbonyl (C=O) groups is 2. The van der Waals surface area contributed by atoms with Crippen molar-refractivity contribution in [1.82, 2.24) is 5.32 Å². The van der Waals surface area contributed by atoms with E-state index in [4.69, 9.17) is 10.00 Å². The molecule has 0 saturated carbocycles. The fourth-order valence-corrected chi connectivity index (χ4v) is 4.63. The van der Waals surface area contributed by atoms with E-state index in [2.05, 4.69) is 16.0 Å². The van der Waals surface area contributed by atoms with Gasteiger partial charge in [-0.15, -0.1) is 0 Å². The standard InChI is InChI=1S/C25H27FN4O3/c1-24(2,3)10-15-8-19-16(9-17(15)26)25(23(32)30-19)11-20(28-13-25)22(31)29-18-6-5-14(12-27)7-21(18)33-4/h5-9,20,28H,10-11,13H2,1-4H3,(H,29,31)(H,30,32). The topological polar surface area (TPSA) is 103 Å². The first-order valence-corrected chi connectivity index (χ1v) is 10.8. The highest BCUT2D eigenvalue weighted by Crippen LogP contribution is 2.45. The molecule has 3 N–H and O–H groups in total. The Morgan fingerprint density at radius 2 is 2.09 bits per heavy atom. The van der Waals surface area contributed by atoms with Crippen molar-refractivity contribution in [3.05, 3.63) is 52.8 Å². The Morgan fingerprint density at radius 3 is 2.76 bits per heavy atom. The highest BCUT2D eigenvalue weighted by Gasteiger charge is 2.53. The Labute approximate surface area is 192 Å². The van der Waals surface area contributed by atoms with E-state index in [-0.39, 0.29) is 36.0 Å². The van der Waals surface area contributed by atoms with E-state index in [0.717, 1.165) is 0 Å². The van der Waals surface area contributed by atoms with Crippen LogP contribution in [0.15, 0.2) is 30.3 Å². The monoisotopic (exact) mass is 450 g/mol. The Morgan fingerprint density at radius 1 is 1.33 bits per heavy atom. The van der Waals surface area contributed by atoms with Gasteiger partial charge in [-0.3, -0.25) is 9.59 Å². The first-order valence-electron chi connectivity index (χ1n) is 10.8. The molecular formula is C25H27FN4O3. The molecule has 2 aliphatic rings. The second kappa shape index (κ2) is 8.16.